The number of anilines is 1. The number of hydrogen-bond donors (Lipinski definition) is 3. The zero-order valence-electron chi connectivity index (χ0n) is 16.0. The standard InChI is InChI=1S/C21H27N3O2.ClH/c1-14(2)11-18(13-22)23-21(26)17-10-9-15(3)19(12-17)24-20(25)16-7-5-4-6-8-16;/h4-10,12,14,18H,11,13,22H2,1-3H3,(H,23,26)(H,24,25);1H. The molecule has 0 heterocycles. The molecule has 0 aliphatic carbocycles. The summed E-state index contributed by atoms with van der Waals surface area (Å²) in [6.07, 6.45) is 0.825. The molecule has 5 nitrogen and oxygen atoms in total. The molecule has 2 rings (SSSR count). The summed E-state index contributed by atoms with van der Waals surface area (Å²) in [6, 6.07) is 14.2. The Hall–Kier alpha value is -2.37. The van der Waals surface area contributed by atoms with Crippen LogP contribution >= 0.6 is 12.4 Å². The molecule has 0 bridgehead atoms. The molecule has 6 heteroatoms. The van der Waals surface area contributed by atoms with E-state index in [-0.39, 0.29) is 30.3 Å². The Kier molecular flexibility index (Phi) is 8.98. The topological polar surface area (TPSA) is 84.2 Å². The number of nitrogens with two attached hydrogens (primary N) is 1. The first-order valence-electron chi connectivity index (χ1n) is 8.88. The van der Waals surface area contributed by atoms with Crippen LogP contribution in [-0.2, 0) is 0 Å². The number of rotatable bonds is 7. The summed E-state index contributed by atoms with van der Waals surface area (Å²) in [5.74, 6) is 0.0600. The number of carbonyl (C=O) groups excluding carboxylic acids is 2. The lowest BCUT2D eigenvalue weighted by molar-refractivity contribution is 0.0932. The van der Waals surface area contributed by atoms with Crippen molar-refractivity contribution >= 4 is 29.9 Å². The molecule has 0 saturated carbocycles. The van der Waals surface area contributed by atoms with Gasteiger partial charge in [0.1, 0.15) is 0 Å². The zero-order valence-corrected chi connectivity index (χ0v) is 16.8. The molecule has 2 aromatic carbocycles. The van der Waals surface area contributed by atoms with E-state index in [1.54, 1.807) is 24.3 Å². The van der Waals surface area contributed by atoms with Gasteiger partial charge in [-0.05, 0) is 49.1 Å². The normalized spacial score (nSPS) is 11.4. The summed E-state index contributed by atoms with van der Waals surface area (Å²) in [4.78, 5) is 24.9. The van der Waals surface area contributed by atoms with E-state index in [9.17, 15) is 9.59 Å². The number of amides is 2. The van der Waals surface area contributed by atoms with Crippen molar-refractivity contribution in [3.8, 4) is 0 Å². The van der Waals surface area contributed by atoms with Crippen molar-refractivity contribution in [3.05, 3.63) is 65.2 Å². The Morgan fingerprint density at radius 2 is 1.67 bits per heavy atom. The first-order chi connectivity index (χ1) is 12.4. The average Bonchev–Trinajstić information content (AvgIpc) is 2.63. The van der Waals surface area contributed by atoms with Gasteiger partial charge >= 0.3 is 0 Å². The second-order valence-corrected chi connectivity index (χ2v) is 6.89. The van der Waals surface area contributed by atoms with Crippen LogP contribution in [0.2, 0.25) is 0 Å². The summed E-state index contributed by atoms with van der Waals surface area (Å²) in [5, 5.41) is 5.85. The third kappa shape index (κ3) is 6.70. The molecule has 2 aromatic rings. The smallest absolute Gasteiger partial charge is 0.255 e. The van der Waals surface area contributed by atoms with E-state index >= 15 is 0 Å². The van der Waals surface area contributed by atoms with Crippen LogP contribution in [0.15, 0.2) is 48.5 Å². The van der Waals surface area contributed by atoms with Crippen molar-refractivity contribution in [2.45, 2.75) is 33.2 Å². The lowest BCUT2D eigenvalue weighted by Crippen LogP contribution is -2.41. The van der Waals surface area contributed by atoms with Crippen LogP contribution < -0.4 is 16.4 Å². The van der Waals surface area contributed by atoms with E-state index in [0.29, 0.717) is 29.3 Å². The second-order valence-electron chi connectivity index (χ2n) is 6.89. The van der Waals surface area contributed by atoms with Gasteiger partial charge in [0.05, 0.1) is 0 Å². The monoisotopic (exact) mass is 389 g/mol. The van der Waals surface area contributed by atoms with Crippen molar-refractivity contribution in [2.75, 3.05) is 11.9 Å². The lowest BCUT2D eigenvalue weighted by atomic mass is 10.0. The van der Waals surface area contributed by atoms with E-state index in [1.807, 2.05) is 31.2 Å². The maximum atomic E-state index is 12.5. The van der Waals surface area contributed by atoms with Crippen molar-refractivity contribution in [1.29, 1.82) is 0 Å². The molecule has 0 aromatic heterocycles. The van der Waals surface area contributed by atoms with Crippen LogP contribution in [-0.4, -0.2) is 24.4 Å². The fourth-order valence-corrected chi connectivity index (χ4v) is 2.73. The summed E-state index contributed by atoms with van der Waals surface area (Å²) < 4.78 is 0. The molecule has 2 amide bonds. The van der Waals surface area contributed by atoms with Gasteiger partial charge in [0.2, 0.25) is 0 Å². The third-order valence-electron chi connectivity index (χ3n) is 4.16. The van der Waals surface area contributed by atoms with Gasteiger partial charge in [-0.1, -0.05) is 38.1 Å². The molecule has 146 valence electrons. The minimum Gasteiger partial charge on any atom is -0.348 e. The Balaban J connectivity index is 0.00000364. The number of nitrogens with one attached hydrogen (secondary N) is 2. The molecular formula is C21H28ClN3O2. The fraction of sp³-hybridized carbons (Fsp3) is 0.333. The predicted octanol–water partition coefficient (Wildman–Crippen LogP) is 3.77. The molecular weight excluding hydrogens is 362 g/mol. The summed E-state index contributed by atoms with van der Waals surface area (Å²) in [6.45, 7) is 6.48. The highest BCUT2D eigenvalue weighted by molar-refractivity contribution is 6.05. The Morgan fingerprint density at radius 3 is 2.26 bits per heavy atom. The molecule has 0 fully saturated rings. The molecule has 1 unspecified atom stereocenters. The highest BCUT2D eigenvalue weighted by Gasteiger charge is 2.15. The van der Waals surface area contributed by atoms with Gasteiger partial charge in [-0.15, -0.1) is 12.4 Å². The maximum Gasteiger partial charge on any atom is 0.255 e. The Bertz CT molecular complexity index is 763. The van der Waals surface area contributed by atoms with Crippen LogP contribution in [0.4, 0.5) is 5.69 Å². The van der Waals surface area contributed by atoms with Crippen molar-refractivity contribution in [2.24, 2.45) is 11.7 Å². The molecule has 4 N–H and O–H groups in total. The van der Waals surface area contributed by atoms with Gasteiger partial charge in [0.15, 0.2) is 0 Å². The van der Waals surface area contributed by atoms with E-state index < -0.39 is 0 Å². The lowest BCUT2D eigenvalue weighted by Gasteiger charge is -2.19. The first-order valence-corrected chi connectivity index (χ1v) is 8.88. The fourth-order valence-electron chi connectivity index (χ4n) is 2.73. The summed E-state index contributed by atoms with van der Waals surface area (Å²) in [5.41, 5.74) is 8.35. The number of benzene rings is 2. The van der Waals surface area contributed by atoms with Crippen LogP contribution in [0.5, 0.6) is 0 Å². The average molecular weight is 390 g/mol. The van der Waals surface area contributed by atoms with Gasteiger partial charge in [-0.25, -0.2) is 0 Å². The van der Waals surface area contributed by atoms with Crippen molar-refractivity contribution in [3.63, 3.8) is 0 Å². The number of carbonyl (C=O) groups is 2. The van der Waals surface area contributed by atoms with Gasteiger partial charge < -0.3 is 16.4 Å². The number of aryl methyl sites for hydroxylation is 1. The van der Waals surface area contributed by atoms with E-state index in [1.165, 1.54) is 0 Å². The largest absolute Gasteiger partial charge is 0.348 e. The minimum atomic E-state index is -0.203. The minimum absolute atomic E-state index is 0. The van der Waals surface area contributed by atoms with E-state index in [2.05, 4.69) is 24.5 Å². The maximum absolute atomic E-state index is 12.5. The quantitative estimate of drug-likeness (QED) is 0.673. The molecule has 27 heavy (non-hydrogen) atoms. The van der Waals surface area contributed by atoms with Crippen LogP contribution in [0, 0.1) is 12.8 Å². The van der Waals surface area contributed by atoms with Gasteiger partial charge in [-0.2, -0.15) is 0 Å². The highest BCUT2D eigenvalue weighted by atomic mass is 35.5. The van der Waals surface area contributed by atoms with Gasteiger partial charge in [-0.3, -0.25) is 9.59 Å². The Labute approximate surface area is 167 Å². The zero-order chi connectivity index (χ0) is 19.1. The number of hydrogen-bond acceptors (Lipinski definition) is 3. The van der Waals surface area contributed by atoms with E-state index in [0.717, 1.165) is 12.0 Å². The Morgan fingerprint density at radius 1 is 1.00 bits per heavy atom. The first kappa shape index (κ1) is 22.7. The molecule has 1 atom stereocenters. The molecule has 0 radical (unpaired) electrons. The van der Waals surface area contributed by atoms with Gasteiger partial charge in [0, 0.05) is 29.4 Å². The van der Waals surface area contributed by atoms with Crippen LogP contribution in [0.25, 0.3) is 0 Å². The van der Waals surface area contributed by atoms with Gasteiger partial charge in [0.25, 0.3) is 11.8 Å². The van der Waals surface area contributed by atoms with Crippen molar-refractivity contribution < 1.29 is 9.59 Å². The summed E-state index contributed by atoms with van der Waals surface area (Å²) in [7, 11) is 0. The molecule has 0 aliphatic rings. The SMILES string of the molecule is Cc1ccc(C(=O)NC(CN)CC(C)C)cc1NC(=O)c1ccccc1.Cl. The summed E-state index contributed by atoms with van der Waals surface area (Å²) >= 11 is 0. The number of halogens is 1. The second kappa shape index (κ2) is 10.7. The van der Waals surface area contributed by atoms with Crippen LogP contribution in [0.1, 0.15) is 46.5 Å². The molecule has 0 aliphatic heterocycles. The third-order valence-corrected chi connectivity index (χ3v) is 4.16. The van der Waals surface area contributed by atoms with Crippen molar-refractivity contribution in [1.82, 2.24) is 5.32 Å². The van der Waals surface area contributed by atoms with Crippen LogP contribution in [0.3, 0.4) is 0 Å². The highest BCUT2D eigenvalue weighted by Crippen LogP contribution is 2.18. The van der Waals surface area contributed by atoms with E-state index in [4.69, 9.17) is 5.73 Å². The molecule has 0 saturated heterocycles. The predicted molar refractivity (Wildman–Crippen MR) is 113 cm³/mol. The molecule has 0 spiro atoms.